The van der Waals surface area contributed by atoms with E-state index in [4.69, 9.17) is 4.42 Å². The second-order valence-corrected chi connectivity index (χ2v) is 6.76. The average molecular weight is 321 g/mol. The van der Waals surface area contributed by atoms with Gasteiger partial charge in [0.25, 0.3) is 0 Å². The molecule has 0 saturated carbocycles. The Kier molecular flexibility index (Phi) is 4.24. The van der Waals surface area contributed by atoms with E-state index in [2.05, 4.69) is 23.1 Å². The highest BCUT2D eigenvalue weighted by Gasteiger charge is 2.29. The fourth-order valence-electron chi connectivity index (χ4n) is 3.82. The molecule has 1 unspecified atom stereocenters. The summed E-state index contributed by atoms with van der Waals surface area (Å²) in [7, 11) is 0. The van der Waals surface area contributed by atoms with Gasteiger partial charge in [-0.05, 0) is 44.2 Å². The molecule has 1 aromatic carbocycles. The summed E-state index contributed by atoms with van der Waals surface area (Å²) in [5, 5.41) is 1.14. The molecule has 24 heavy (non-hydrogen) atoms. The number of allylic oxidation sites excluding steroid dienone is 3. The molecule has 1 fully saturated rings. The van der Waals surface area contributed by atoms with E-state index in [9.17, 15) is 4.79 Å². The molecule has 3 nitrogen and oxygen atoms in total. The van der Waals surface area contributed by atoms with Crippen LogP contribution in [0.15, 0.2) is 58.6 Å². The predicted octanol–water partition coefficient (Wildman–Crippen LogP) is 4.63. The Morgan fingerprint density at radius 1 is 1.25 bits per heavy atom. The summed E-state index contributed by atoms with van der Waals surface area (Å²) in [6.45, 7) is 0.866. The number of carbonyl (C=O) groups is 1. The van der Waals surface area contributed by atoms with Crippen molar-refractivity contribution in [2.75, 3.05) is 6.54 Å². The maximum Gasteiger partial charge on any atom is 0.250 e. The maximum atomic E-state index is 12.9. The fraction of sp³-hybridized carbons (Fsp3) is 0.381. The molecule has 0 N–H and O–H groups in total. The van der Waals surface area contributed by atoms with Crippen LogP contribution in [0.5, 0.6) is 0 Å². The smallest absolute Gasteiger partial charge is 0.250 e. The van der Waals surface area contributed by atoms with Crippen LogP contribution in [0, 0.1) is 0 Å². The lowest BCUT2D eigenvalue weighted by Gasteiger charge is -2.36. The van der Waals surface area contributed by atoms with Gasteiger partial charge in [-0.3, -0.25) is 4.79 Å². The number of rotatable bonds is 3. The zero-order valence-corrected chi connectivity index (χ0v) is 13.9. The minimum absolute atomic E-state index is 0.222. The molecule has 2 heterocycles. The van der Waals surface area contributed by atoms with Crippen molar-refractivity contribution in [3.63, 3.8) is 0 Å². The Morgan fingerprint density at radius 2 is 2.17 bits per heavy atom. The summed E-state index contributed by atoms with van der Waals surface area (Å²) in [4.78, 5) is 15.0. The van der Waals surface area contributed by atoms with Crippen LogP contribution in [-0.4, -0.2) is 23.4 Å². The van der Waals surface area contributed by atoms with Crippen molar-refractivity contribution in [1.29, 1.82) is 0 Å². The van der Waals surface area contributed by atoms with Crippen molar-refractivity contribution in [2.24, 2.45) is 0 Å². The first-order valence-electron chi connectivity index (χ1n) is 8.95. The molecule has 4 rings (SSSR count). The summed E-state index contributed by atoms with van der Waals surface area (Å²) in [5.74, 6) is 1.21. The van der Waals surface area contributed by atoms with Crippen LogP contribution in [0.4, 0.5) is 0 Å². The standard InChI is InChI=1S/C21H23NO2/c23-21(16-8-2-1-3-9-16)22-13-7-6-11-18(22)15-19-14-17-10-4-5-12-20(17)24-19/h1-2,4-5,8,10,12,14,18H,3,6-7,9,11,13,15H2. The van der Waals surface area contributed by atoms with Crippen LogP contribution in [0.25, 0.3) is 11.0 Å². The van der Waals surface area contributed by atoms with E-state index >= 15 is 0 Å². The second-order valence-electron chi connectivity index (χ2n) is 6.76. The molecule has 3 heteroatoms. The molecule has 1 aliphatic heterocycles. The lowest BCUT2D eigenvalue weighted by atomic mass is 9.95. The third-order valence-electron chi connectivity index (χ3n) is 5.09. The van der Waals surface area contributed by atoms with Crippen molar-refractivity contribution in [1.82, 2.24) is 4.90 Å². The van der Waals surface area contributed by atoms with Crippen molar-refractivity contribution in [3.8, 4) is 0 Å². The summed E-state index contributed by atoms with van der Waals surface area (Å²) in [6, 6.07) is 10.5. The molecule has 1 saturated heterocycles. The van der Waals surface area contributed by atoms with Crippen LogP contribution < -0.4 is 0 Å². The highest BCUT2D eigenvalue weighted by Crippen LogP contribution is 2.27. The molecular formula is C21H23NO2. The van der Waals surface area contributed by atoms with Crippen molar-refractivity contribution >= 4 is 16.9 Å². The fourth-order valence-corrected chi connectivity index (χ4v) is 3.82. The molecule has 2 aliphatic rings. The monoisotopic (exact) mass is 321 g/mol. The highest BCUT2D eigenvalue weighted by atomic mass is 16.3. The number of hydrogen-bond donors (Lipinski definition) is 0. The molecule has 0 radical (unpaired) electrons. The maximum absolute atomic E-state index is 12.9. The van der Waals surface area contributed by atoms with E-state index in [0.29, 0.717) is 0 Å². The molecule has 0 spiro atoms. The Morgan fingerprint density at radius 3 is 3.00 bits per heavy atom. The van der Waals surface area contributed by atoms with Gasteiger partial charge in [0.2, 0.25) is 5.91 Å². The molecule has 1 atom stereocenters. The van der Waals surface area contributed by atoms with Gasteiger partial charge in [0.15, 0.2) is 0 Å². The van der Waals surface area contributed by atoms with Gasteiger partial charge < -0.3 is 9.32 Å². The summed E-state index contributed by atoms with van der Waals surface area (Å²) in [6.07, 6.45) is 12.1. The Labute approximate surface area is 142 Å². The molecule has 2 aromatic rings. The topological polar surface area (TPSA) is 33.5 Å². The number of piperidine rings is 1. The van der Waals surface area contributed by atoms with E-state index in [1.807, 2.05) is 30.4 Å². The number of furan rings is 1. The number of likely N-dealkylation sites (tertiary alicyclic amines) is 1. The minimum Gasteiger partial charge on any atom is -0.461 e. The van der Waals surface area contributed by atoms with Gasteiger partial charge in [-0.1, -0.05) is 36.4 Å². The molecule has 124 valence electrons. The summed E-state index contributed by atoms with van der Waals surface area (Å²) in [5.41, 5.74) is 1.88. The van der Waals surface area contributed by atoms with Crippen molar-refractivity contribution in [3.05, 3.63) is 59.9 Å². The van der Waals surface area contributed by atoms with Crippen LogP contribution in [-0.2, 0) is 11.2 Å². The lowest BCUT2D eigenvalue weighted by Crippen LogP contribution is -2.45. The number of carbonyl (C=O) groups excluding carboxylic acids is 1. The molecule has 1 aliphatic carbocycles. The second kappa shape index (κ2) is 6.68. The van der Waals surface area contributed by atoms with Gasteiger partial charge in [-0.25, -0.2) is 0 Å². The van der Waals surface area contributed by atoms with E-state index in [-0.39, 0.29) is 11.9 Å². The zero-order valence-electron chi connectivity index (χ0n) is 13.9. The lowest BCUT2D eigenvalue weighted by molar-refractivity contribution is -0.130. The summed E-state index contributed by atoms with van der Waals surface area (Å²) >= 11 is 0. The quantitative estimate of drug-likeness (QED) is 0.825. The Bertz CT molecular complexity index is 766. The number of hydrogen-bond acceptors (Lipinski definition) is 2. The Balaban J connectivity index is 1.54. The van der Waals surface area contributed by atoms with Gasteiger partial charge in [0, 0.05) is 30.0 Å². The average Bonchev–Trinajstić information content (AvgIpc) is 3.04. The molecular weight excluding hydrogens is 298 g/mol. The number of fused-ring (bicyclic) bond motifs is 1. The molecule has 1 amide bonds. The van der Waals surface area contributed by atoms with E-state index in [0.717, 1.165) is 61.0 Å². The van der Waals surface area contributed by atoms with E-state index < -0.39 is 0 Å². The first-order valence-corrected chi connectivity index (χ1v) is 8.95. The van der Waals surface area contributed by atoms with Gasteiger partial charge in [-0.15, -0.1) is 0 Å². The van der Waals surface area contributed by atoms with Crippen molar-refractivity contribution < 1.29 is 9.21 Å². The van der Waals surface area contributed by atoms with Crippen LogP contribution in [0.3, 0.4) is 0 Å². The third-order valence-corrected chi connectivity index (χ3v) is 5.09. The van der Waals surface area contributed by atoms with Crippen molar-refractivity contribution in [2.45, 2.75) is 44.6 Å². The van der Waals surface area contributed by atoms with Crippen LogP contribution in [0.2, 0.25) is 0 Å². The first-order chi connectivity index (χ1) is 11.8. The Hall–Kier alpha value is -2.29. The largest absolute Gasteiger partial charge is 0.461 e. The van der Waals surface area contributed by atoms with Crippen LogP contribution >= 0.6 is 0 Å². The van der Waals surface area contributed by atoms with Gasteiger partial charge in [-0.2, -0.15) is 0 Å². The number of amides is 1. The SMILES string of the molecule is O=C(C1=CC=CCC1)N1CCCCC1Cc1cc2ccccc2o1. The normalized spacial score (nSPS) is 21.1. The number of para-hydroxylation sites is 1. The van der Waals surface area contributed by atoms with E-state index in [1.54, 1.807) is 0 Å². The summed E-state index contributed by atoms with van der Waals surface area (Å²) < 4.78 is 5.98. The van der Waals surface area contributed by atoms with Gasteiger partial charge in [0.1, 0.15) is 11.3 Å². The number of nitrogens with zero attached hydrogens (tertiary/aromatic N) is 1. The van der Waals surface area contributed by atoms with Gasteiger partial charge in [0.05, 0.1) is 0 Å². The van der Waals surface area contributed by atoms with Crippen LogP contribution in [0.1, 0.15) is 37.9 Å². The molecule has 0 bridgehead atoms. The highest BCUT2D eigenvalue weighted by molar-refractivity contribution is 5.94. The third kappa shape index (κ3) is 3.03. The molecule has 1 aromatic heterocycles. The number of benzene rings is 1. The van der Waals surface area contributed by atoms with E-state index in [1.165, 1.54) is 6.42 Å². The zero-order chi connectivity index (χ0) is 16.4. The first kappa shape index (κ1) is 15.3. The predicted molar refractivity (Wildman–Crippen MR) is 95.7 cm³/mol. The van der Waals surface area contributed by atoms with Gasteiger partial charge >= 0.3 is 0 Å². The minimum atomic E-state index is 0.222.